The molecular formula is C35H58N6O12. The Hall–Kier alpha value is -4.77. The summed E-state index contributed by atoms with van der Waals surface area (Å²) in [6, 6.07) is -7.82. The Labute approximate surface area is 309 Å². The summed E-state index contributed by atoms with van der Waals surface area (Å²) in [6.07, 6.45) is 2.63. The van der Waals surface area contributed by atoms with E-state index in [1.54, 1.807) is 34.6 Å². The van der Waals surface area contributed by atoms with Crippen molar-refractivity contribution in [2.24, 2.45) is 17.8 Å². The Balaban J connectivity index is 3.35. The van der Waals surface area contributed by atoms with Gasteiger partial charge in [-0.25, -0.2) is 4.79 Å². The van der Waals surface area contributed by atoms with Crippen LogP contribution in [0.1, 0.15) is 112 Å². The van der Waals surface area contributed by atoms with Crippen molar-refractivity contribution in [3.05, 3.63) is 0 Å². The summed E-state index contributed by atoms with van der Waals surface area (Å²) in [6.45, 7) is 9.72. The highest BCUT2D eigenvalue weighted by Gasteiger charge is 2.38. The quantitative estimate of drug-likeness (QED) is 0.0686. The molecule has 0 spiro atoms. The van der Waals surface area contributed by atoms with Crippen LogP contribution >= 0.6 is 0 Å². The summed E-state index contributed by atoms with van der Waals surface area (Å²) >= 11 is 0. The molecule has 0 heterocycles. The SMILES string of the molecule is CC[C@H](NC(=O)[C@@H](NC(=O)[C@@H](NC(=O)[C@H](CC(C)C)NC(=O)[C@@H](CCC(=O)O)NC(=O)[C@H](CC(=O)O)NC(C)=O)[C@@H](C)CC)C1CCCCC1)C(=O)O. The summed E-state index contributed by atoms with van der Waals surface area (Å²) < 4.78 is 0. The second-order valence-electron chi connectivity index (χ2n) is 14.1. The van der Waals surface area contributed by atoms with Crippen LogP contribution in [0.2, 0.25) is 0 Å². The number of carbonyl (C=O) groups is 9. The molecule has 18 heteroatoms. The van der Waals surface area contributed by atoms with E-state index in [9.17, 15) is 58.5 Å². The third-order valence-corrected chi connectivity index (χ3v) is 9.21. The van der Waals surface area contributed by atoms with Crippen molar-refractivity contribution < 1.29 is 58.5 Å². The van der Waals surface area contributed by atoms with Crippen LogP contribution in [0.4, 0.5) is 0 Å². The maximum atomic E-state index is 13.9. The van der Waals surface area contributed by atoms with Crippen LogP contribution in [0.15, 0.2) is 0 Å². The zero-order valence-electron chi connectivity index (χ0n) is 31.5. The first kappa shape index (κ1) is 46.3. The standard InChI is InChI=1S/C35H58N6O12/c1-7-19(5)28(33(50)41-29(21-12-10-9-11-13-21)34(51)37-22(8-2)35(52)53)40-32(49)24(16-18(3)4)39-30(47)23(14-15-26(43)44)38-31(48)25(17-27(45)46)36-20(6)42/h18-19,21-25,28-29H,7-17H2,1-6H3,(H,36,42)(H,37,51)(H,38,48)(H,39,47)(H,40,49)(H,41,50)(H,43,44)(H,45,46)(H,52,53)/t19-,22-,23+,24-,25-,28-,29-/m0/s1. The largest absolute Gasteiger partial charge is 0.481 e. The highest BCUT2D eigenvalue weighted by Crippen LogP contribution is 2.27. The predicted molar refractivity (Wildman–Crippen MR) is 190 cm³/mol. The third-order valence-electron chi connectivity index (χ3n) is 9.21. The van der Waals surface area contributed by atoms with E-state index in [0.717, 1.165) is 26.2 Å². The number of hydrogen-bond acceptors (Lipinski definition) is 9. The molecule has 0 aromatic rings. The Morgan fingerprint density at radius 2 is 1.15 bits per heavy atom. The van der Waals surface area contributed by atoms with E-state index >= 15 is 0 Å². The van der Waals surface area contributed by atoms with Crippen LogP contribution in [-0.4, -0.2) is 105 Å². The van der Waals surface area contributed by atoms with E-state index in [1.165, 1.54) is 0 Å². The van der Waals surface area contributed by atoms with Crippen molar-refractivity contribution in [1.82, 2.24) is 31.9 Å². The molecule has 1 saturated carbocycles. The van der Waals surface area contributed by atoms with Gasteiger partial charge in [-0.1, -0.05) is 60.3 Å². The zero-order valence-corrected chi connectivity index (χ0v) is 31.5. The van der Waals surface area contributed by atoms with Crippen molar-refractivity contribution in [2.45, 2.75) is 148 Å². The monoisotopic (exact) mass is 754 g/mol. The number of carboxylic acid groups (broad SMARTS) is 3. The van der Waals surface area contributed by atoms with E-state index in [2.05, 4.69) is 31.9 Å². The normalized spacial score (nSPS) is 17.0. The van der Waals surface area contributed by atoms with E-state index in [-0.39, 0.29) is 24.7 Å². The van der Waals surface area contributed by atoms with Gasteiger partial charge in [0.25, 0.3) is 0 Å². The number of carboxylic acids is 3. The summed E-state index contributed by atoms with van der Waals surface area (Å²) in [4.78, 5) is 114. The molecule has 18 nitrogen and oxygen atoms in total. The maximum absolute atomic E-state index is 13.9. The zero-order chi connectivity index (χ0) is 40.4. The van der Waals surface area contributed by atoms with Gasteiger partial charge in [-0.3, -0.25) is 38.4 Å². The topological polar surface area (TPSA) is 286 Å². The molecule has 9 N–H and O–H groups in total. The molecule has 7 atom stereocenters. The fourth-order valence-corrected chi connectivity index (χ4v) is 6.08. The first-order valence-electron chi connectivity index (χ1n) is 18.3. The van der Waals surface area contributed by atoms with Crippen molar-refractivity contribution in [3.8, 4) is 0 Å². The molecule has 1 aliphatic carbocycles. The van der Waals surface area contributed by atoms with Gasteiger partial charge in [0.05, 0.1) is 6.42 Å². The molecule has 0 saturated heterocycles. The van der Waals surface area contributed by atoms with Gasteiger partial charge in [-0.05, 0) is 49.9 Å². The lowest BCUT2D eigenvalue weighted by Crippen LogP contribution is -2.61. The van der Waals surface area contributed by atoms with Crippen LogP contribution in [0.3, 0.4) is 0 Å². The summed E-state index contributed by atoms with van der Waals surface area (Å²) in [5.41, 5.74) is 0. The third kappa shape index (κ3) is 16.6. The Morgan fingerprint density at radius 3 is 1.64 bits per heavy atom. The molecule has 0 bridgehead atoms. The van der Waals surface area contributed by atoms with Crippen LogP contribution in [0.25, 0.3) is 0 Å². The first-order chi connectivity index (χ1) is 24.8. The predicted octanol–water partition coefficient (Wildman–Crippen LogP) is 0.422. The van der Waals surface area contributed by atoms with Gasteiger partial charge in [-0.2, -0.15) is 0 Å². The molecule has 1 aliphatic rings. The molecule has 6 amide bonds. The Kier molecular flexibility index (Phi) is 20.1. The number of nitrogens with one attached hydrogen (secondary N) is 6. The summed E-state index contributed by atoms with van der Waals surface area (Å²) in [5.74, 6) is -9.67. The molecule has 53 heavy (non-hydrogen) atoms. The number of amides is 6. The minimum absolute atomic E-state index is 0.0558. The average molecular weight is 755 g/mol. The fraction of sp³-hybridized carbons (Fsp3) is 0.743. The lowest BCUT2D eigenvalue weighted by atomic mass is 9.83. The van der Waals surface area contributed by atoms with Gasteiger partial charge < -0.3 is 47.2 Å². The van der Waals surface area contributed by atoms with Crippen molar-refractivity contribution in [1.29, 1.82) is 0 Å². The Morgan fingerprint density at radius 1 is 0.604 bits per heavy atom. The van der Waals surface area contributed by atoms with Gasteiger partial charge >= 0.3 is 17.9 Å². The number of carbonyl (C=O) groups excluding carboxylic acids is 6. The Bertz CT molecular complexity index is 1300. The van der Waals surface area contributed by atoms with Gasteiger partial charge in [0.15, 0.2) is 0 Å². The van der Waals surface area contributed by atoms with Crippen molar-refractivity contribution >= 4 is 53.4 Å². The smallest absolute Gasteiger partial charge is 0.326 e. The molecule has 1 rings (SSSR count). The van der Waals surface area contributed by atoms with Gasteiger partial charge in [-0.15, -0.1) is 0 Å². The second-order valence-corrected chi connectivity index (χ2v) is 14.1. The van der Waals surface area contributed by atoms with Crippen LogP contribution in [0.5, 0.6) is 0 Å². The molecule has 0 aliphatic heterocycles. The van der Waals surface area contributed by atoms with Crippen molar-refractivity contribution in [2.75, 3.05) is 0 Å². The van der Waals surface area contributed by atoms with Crippen LogP contribution in [-0.2, 0) is 43.2 Å². The number of aliphatic carboxylic acids is 3. The van der Waals surface area contributed by atoms with E-state index in [4.69, 9.17) is 0 Å². The molecule has 300 valence electrons. The van der Waals surface area contributed by atoms with Crippen molar-refractivity contribution in [3.63, 3.8) is 0 Å². The van der Waals surface area contributed by atoms with Gasteiger partial charge in [0.2, 0.25) is 35.4 Å². The van der Waals surface area contributed by atoms with E-state index in [0.29, 0.717) is 19.3 Å². The number of rotatable bonds is 23. The lowest BCUT2D eigenvalue weighted by molar-refractivity contribution is -0.143. The minimum atomic E-state index is -1.58. The van der Waals surface area contributed by atoms with Gasteiger partial charge in [0, 0.05) is 13.3 Å². The highest BCUT2D eigenvalue weighted by molar-refractivity contribution is 5.97. The molecule has 0 unspecified atom stereocenters. The van der Waals surface area contributed by atoms with Gasteiger partial charge in [0.1, 0.15) is 36.3 Å². The molecule has 0 aromatic heterocycles. The second kappa shape index (κ2) is 23.0. The van der Waals surface area contributed by atoms with Crippen LogP contribution < -0.4 is 31.9 Å². The van der Waals surface area contributed by atoms with E-state index in [1.807, 2.05) is 0 Å². The average Bonchev–Trinajstić information content (AvgIpc) is 3.08. The lowest BCUT2D eigenvalue weighted by Gasteiger charge is -2.33. The molecular weight excluding hydrogens is 696 g/mol. The number of hydrogen-bond donors (Lipinski definition) is 9. The molecule has 1 fully saturated rings. The minimum Gasteiger partial charge on any atom is -0.481 e. The molecule has 0 radical (unpaired) electrons. The maximum Gasteiger partial charge on any atom is 0.326 e. The highest BCUT2D eigenvalue weighted by atomic mass is 16.4. The van der Waals surface area contributed by atoms with E-state index < -0.39 is 115 Å². The first-order valence-corrected chi connectivity index (χ1v) is 18.3. The summed E-state index contributed by atoms with van der Waals surface area (Å²) in [5, 5.41) is 43.0. The molecule has 0 aromatic carbocycles. The summed E-state index contributed by atoms with van der Waals surface area (Å²) in [7, 11) is 0. The fourth-order valence-electron chi connectivity index (χ4n) is 6.08. The van der Waals surface area contributed by atoms with Crippen LogP contribution in [0, 0.1) is 17.8 Å².